The number of nitrogens with zero attached hydrogens (tertiary/aromatic N) is 5. The molecule has 5 heteroatoms. The molecule has 1 aliphatic heterocycles. The van der Waals surface area contributed by atoms with Gasteiger partial charge in [0.2, 0.25) is 0 Å². The van der Waals surface area contributed by atoms with Crippen molar-refractivity contribution >= 4 is 11.4 Å². The van der Waals surface area contributed by atoms with E-state index in [4.69, 9.17) is 15.0 Å². The Kier molecular flexibility index (Phi) is 9.29. The van der Waals surface area contributed by atoms with Crippen molar-refractivity contribution in [1.29, 1.82) is 5.26 Å². The smallest absolute Gasteiger partial charge is 0.164 e. The Morgan fingerprint density at radius 2 is 0.955 bits per heavy atom. The average molecular weight is 846 g/mol. The fraction of sp³-hybridized carbons (Fsp3) is 0.0820. The van der Waals surface area contributed by atoms with E-state index >= 15 is 0 Å². The topological polar surface area (TPSA) is 65.7 Å². The monoisotopic (exact) mass is 845 g/mol. The second-order valence-electron chi connectivity index (χ2n) is 17.9. The van der Waals surface area contributed by atoms with Crippen LogP contribution in [0.25, 0.3) is 78.7 Å². The zero-order valence-electron chi connectivity index (χ0n) is 36.6. The summed E-state index contributed by atoms with van der Waals surface area (Å²) in [5, 5.41) is 10.5. The first-order valence-electron chi connectivity index (χ1n) is 22.6. The second-order valence-corrected chi connectivity index (χ2v) is 17.9. The van der Waals surface area contributed by atoms with E-state index in [1.807, 2.05) is 78.9 Å². The summed E-state index contributed by atoms with van der Waals surface area (Å²) in [4.78, 5) is 18.0. The van der Waals surface area contributed by atoms with E-state index in [0.717, 1.165) is 55.8 Å². The summed E-state index contributed by atoms with van der Waals surface area (Å²) in [6.07, 6.45) is 9.04. The van der Waals surface area contributed by atoms with Crippen molar-refractivity contribution in [3.05, 3.63) is 235 Å². The molecular formula is C61H43N5. The normalized spacial score (nSPS) is 16.0. The number of benzene rings is 8. The third-order valence-corrected chi connectivity index (χ3v) is 13.6. The molecule has 0 amide bonds. The molecule has 8 aromatic carbocycles. The van der Waals surface area contributed by atoms with Gasteiger partial charge in [0.05, 0.1) is 17.7 Å². The van der Waals surface area contributed by atoms with Crippen molar-refractivity contribution in [3.8, 4) is 84.7 Å². The van der Waals surface area contributed by atoms with Crippen LogP contribution in [0.3, 0.4) is 0 Å². The molecular weight excluding hydrogens is 803 g/mol. The summed E-state index contributed by atoms with van der Waals surface area (Å²) >= 11 is 0. The highest BCUT2D eigenvalue weighted by Crippen LogP contribution is 2.56. The number of rotatable bonds is 7. The summed E-state index contributed by atoms with van der Waals surface area (Å²) in [5.74, 6) is 1.92. The van der Waals surface area contributed by atoms with Gasteiger partial charge in [-0.1, -0.05) is 178 Å². The Morgan fingerprint density at radius 1 is 0.455 bits per heavy atom. The third-order valence-electron chi connectivity index (χ3n) is 13.6. The minimum atomic E-state index is -0.168. The molecule has 0 N–H and O–H groups in total. The molecule has 5 nitrogen and oxygen atoms in total. The van der Waals surface area contributed by atoms with Gasteiger partial charge in [-0.25, -0.2) is 15.0 Å². The molecule has 12 rings (SSSR count). The van der Waals surface area contributed by atoms with Crippen molar-refractivity contribution in [2.45, 2.75) is 31.2 Å². The lowest BCUT2D eigenvalue weighted by Crippen LogP contribution is -2.28. The van der Waals surface area contributed by atoms with Crippen LogP contribution in [0.15, 0.2) is 212 Å². The van der Waals surface area contributed by atoms with Crippen LogP contribution in [0.5, 0.6) is 0 Å². The lowest BCUT2D eigenvalue weighted by atomic mass is 9.81. The average Bonchev–Trinajstić information content (AvgIpc) is 3.83. The Balaban J connectivity index is 1.07. The maximum atomic E-state index is 10.5. The van der Waals surface area contributed by atoms with Crippen molar-refractivity contribution in [3.63, 3.8) is 0 Å². The summed E-state index contributed by atoms with van der Waals surface area (Å²) in [7, 11) is 0. The number of anilines is 2. The van der Waals surface area contributed by atoms with Gasteiger partial charge in [0.1, 0.15) is 0 Å². The number of nitriles is 1. The van der Waals surface area contributed by atoms with Crippen LogP contribution in [-0.2, 0) is 5.41 Å². The van der Waals surface area contributed by atoms with Gasteiger partial charge in [-0.2, -0.15) is 5.26 Å². The first-order valence-corrected chi connectivity index (χ1v) is 22.6. The zero-order chi connectivity index (χ0) is 44.4. The van der Waals surface area contributed by atoms with Gasteiger partial charge in [-0.15, -0.1) is 0 Å². The summed E-state index contributed by atoms with van der Waals surface area (Å²) in [5.41, 5.74) is 18.1. The molecule has 2 atom stereocenters. The third kappa shape index (κ3) is 6.66. The minimum absolute atomic E-state index is 0.0382. The summed E-state index contributed by atoms with van der Waals surface area (Å²) in [6, 6.07) is 68.4. The molecule has 1 aromatic heterocycles. The minimum Gasteiger partial charge on any atom is -0.333 e. The van der Waals surface area contributed by atoms with E-state index in [0.29, 0.717) is 23.0 Å². The van der Waals surface area contributed by atoms with Gasteiger partial charge in [0.15, 0.2) is 17.5 Å². The van der Waals surface area contributed by atoms with E-state index in [9.17, 15) is 5.26 Å². The summed E-state index contributed by atoms with van der Waals surface area (Å²) < 4.78 is 0. The Labute approximate surface area is 385 Å². The van der Waals surface area contributed by atoms with Crippen LogP contribution in [-0.4, -0.2) is 21.0 Å². The highest BCUT2D eigenvalue weighted by atomic mass is 15.2. The number of hydrogen-bond acceptors (Lipinski definition) is 5. The van der Waals surface area contributed by atoms with Crippen LogP contribution in [0.2, 0.25) is 0 Å². The predicted molar refractivity (Wildman–Crippen MR) is 268 cm³/mol. The molecule has 0 saturated carbocycles. The standard InChI is InChI=1S/C61H43N5/c1-61(2)54-24-14-12-22-50(54)52-36-53-51-23-13-15-25-56(51)66(57(53)37-55(52)61)49-34-47(46-31-39(38-62)30-45(32-46)42-28-26-41(27-29-42)40-16-6-3-7-17-40)33-48(35-49)60-64-58(43-18-8-4-9-19-43)63-59(65-60)44-20-10-5-11-21-44/h3-37,51,56H,1-2H3. The molecule has 0 saturated heterocycles. The van der Waals surface area contributed by atoms with E-state index in [2.05, 4.69) is 158 Å². The van der Waals surface area contributed by atoms with Gasteiger partial charge < -0.3 is 4.90 Å². The van der Waals surface area contributed by atoms with Crippen molar-refractivity contribution in [2.24, 2.45) is 0 Å². The van der Waals surface area contributed by atoms with E-state index < -0.39 is 0 Å². The molecule has 0 spiro atoms. The molecule has 0 bridgehead atoms. The fourth-order valence-corrected chi connectivity index (χ4v) is 10.3. The number of hydrogen-bond donors (Lipinski definition) is 0. The maximum absolute atomic E-state index is 10.5. The fourth-order valence-electron chi connectivity index (χ4n) is 10.3. The maximum Gasteiger partial charge on any atom is 0.164 e. The highest BCUT2D eigenvalue weighted by Gasteiger charge is 2.42. The quantitative estimate of drug-likeness (QED) is 0.160. The molecule has 2 unspecified atom stereocenters. The Morgan fingerprint density at radius 3 is 1.61 bits per heavy atom. The first kappa shape index (κ1) is 39.2. The molecule has 66 heavy (non-hydrogen) atoms. The molecule has 0 radical (unpaired) electrons. The zero-order valence-corrected chi connectivity index (χ0v) is 36.6. The summed E-state index contributed by atoms with van der Waals surface area (Å²) in [6.45, 7) is 4.69. The van der Waals surface area contributed by atoms with Gasteiger partial charge in [0, 0.05) is 39.4 Å². The van der Waals surface area contributed by atoms with Gasteiger partial charge >= 0.3 is 0 Å². The van der Waals surface area contributed by atoms with Crippen molar-refractivity contribution in [1.82, 2.24) is 15.0 Å². The molecule has 3 aliphatic rings. The SMILES string of the molecule is CC1(C)c2ccccc2-c2cc3c(cc21)N(c1cc(-c2cc(C#N)cc(-c4ccc(-c5ccccc5)cc4)c2)cc(-c2nc(-c4ccccc4)nc(-c4ccccc4)n2)c1)C1C=CC=CC31. The molecule has 312 valence electrons. The van der Waals surface area contributed by atoms with Crippen molar-refractivity contribution in [2.75, 3.05) is 4.90 Å². The van der Waals surface area contributed by atoms with E-state index in [1.165, 1.54) is 33.5 Å². The Hall–Kier alpha value is -8.46. The predicted octanol–water partition coefficient (Wildman–Crippen LogP) is 14.8. The highest BCUT2D eigenvalue weighted by molar-refractivity contribution is 5.90. The van der Waals surface area contributed by atoms with Crippen LogP contribution in [0, 0.1) is 11.3 Å². The molecule has 2 heterocycles. The van der Waals surface area contributed by atoms with Crippen LogP contribution < -0.4 is 4.90 Å². The van der Waals surface area contributed by atoms with Gasteiger partial charge in [-0.3, -0.25) is 0 Å². The first-order chi connectivity index (χ1) is 32.4. The van der Waals surface area contributed by atoms with E-state index in [1.54, 1.807) is 0 Å². The van der Waals surface area contributed by atoms with Crippen LogP contribution in [0.1, 0.15) is 42.0 Å². The molecule has 9 aromatic rings. The van der Waals surface area contributed by atoms with Crippen LogP contribution >= 0.6 is 0 Å². The number of fused-ring (bicyclic) bond motifs is 6. The van der Waals surface area contributed by atoms with Gasteiger partial charge in [-0.05, 0) is 110 Å². The van der Waals surface area contributed by atoms with E-state index in [-0.39, 0.29) is 17.4 Å². The van der Waals surface area contributed by atoms with Crippen molar-refractivity contribution < 1.29 is 0 Å². The second kappa shape index (κ2) is 15.7. The van der Waals surface area contributed by atoms with Crippen LogP contribution in [0.4, 0.5) is 11.4 Å². The molecule has 2 aliphatic carbocycles. The lowest BCUT2D eigenvalue weighted by Gasteiger charge is -2.30. The number of allylic oxidation sites excluding steroid dienone is 2. The molecule has 0 fully saturated rings. The Bertz CT molecular complexity index is 3400. The lowest BCUT2D eigenvalue weighted by molar-refractivity contribution is 0.660. The largest absolute Gasteiger partial charge is 0.333 e. The van der Waals surface area contributed by atoms with Gasteiger partial charge in [0.25, 0.3) is 0 Å². The number of aromatic nitrogens is 3.